The lowest BCUT2D eigenvalue weighted by Gasteiger charge is -2.10. The topological polar surface area (TPSA) is 123 Å². The third-order valence-electron chi connectivity index (χ3n) is 1.91. The summed E-state index contributed by atoms with van der Waals surface area (Å²) in [4.78, 5) is 25.7. The van der Waals surface area contributed by atoms with Crippen LogP contribution in [-0.4, -0.2) is 39.7 Å². The smallest absolute Gasteiger partial charge is 0.328 e. The number of hydrogen-bond donors (Lipinski definition) is 3. The zero-order chi connectivity index (χ0) is 12.8. The summed E-state index contributed by atoms with van der Waals surface area (Å²) in [6, 6.07) is 3.14. The number of rotatable bonds is 4. The van der Waals surface area contributed by atoms with E-state index in [1.165, 1.54) is 18.3 Å². The molecule has 7 nitrogen and oxygen atoms in total. The first kappa shape index (κ1) is 12.6. The molecule has 1 heterocycles. The van der Waals surface area contributed by atoms with Gasteiger partial charge in [0, 0.05) is 6.20 Å². The SMILES string of the molecule is N#Cc1ccc(C(=O)NC(CO)C(=O)O)nc1. The second kappa shape index (κ2) is 5.58. The molecule has 7 heteroatoms. The van der Waals surface area contributed by atoms with E-state index in [2.05, 4.69) is 10.3 Å². The van der Waals surface area contributed by atoms with Crippen molar-refractivity contribution in [3.8, 4) is 6.07 Å². The van der Waals surface area contributed by atoms with E-state index in [4.69, 9.17) is 15.5 Å². The van der Waals surface area contributed by atoms with Crippen molar-refractivity contribution in [1.29, 1.82) is 5.26 Å². The van der Waals surface area contributed by atoms with Crippen molar-refractivity contribution in [2.45, 2.75) is 6.04 Å². The van der Waals surface area contributed by atoms with Crippen LogP contribution in [0.2, 0.25) is 0 Å². The molecule has 0 saturated heterocycles. The van der Waals surface area contributed by atoms with Crippen LogP contribution in [0.5, 0.6) is 0 Å². The van der Waals surface area contributed by atoms with Crippen molar-refractivity contribution < 1.29 is 19.8 Å². The molecule has 1 amide bonds. The number of nitrogens with one attached hydrogen (secondary N) is 1. The second-order valence-electron chi connectivity index (χ2n) is 3.09. The number of carbonyl (C=O) groups excluding carboxylic acids is 1. The highest BCUT2D eigenvalue weighted by Gasteiger charge is 2.19. The Balaban J connectivity index is 2.76. The van der Waals surface area contributed by atoms with E-state index in [0.717, 1.165) is 0 Å². The van der Waals surface area contributed by atoms with Crippen molar-refractivity contribution in [2.75, 3.05) is 6.61 Å². The summed E-state index contributed by atoms with van der Waals surface area (Å²) in [5.74, 6) is -2.06. The molecule has 0 aliphatic rings. The Morgan fingerprint density at radius 2 is 2.24 bits per heavy atom. The van der Waals surface area contributed by atoms with Gasteiger partial charge in [-0.2, -0.15) is 5.26 Å². The van der Waals surface area contributed by atoms with Gasteiger partial charge in [0.25, 0.3) is 5.91 Å². The van der Waals surface area contributed by atoms with E-state index < -0.39 is 24.5 Å². The molecule has 1 unspecified atom stereocenters. The Morgan fingerprint density at radius 3 is 2.65 bits per heavy atom. The highest BCUT2D eigenvalue weighted by atomic mass is 16.4. The number of pyridine rings is 1. The number of carboxylic acids is 1. The summed E-state index contributed by atoms with van der Waals surface area (Å²) in [6.45, 7) is -0.711. The fourth-order valence-corrected chi connectivity index (χ4v) is 1.01. The maximum absolute atomic E-state index is 11.5. The molecule has 3 N–H and O–H groups in total. The van der Waals surface area contributed by atoms with E-state index in [9.17, 15) is 9.59 Å². The molecule has 1 aromatic heterocycles. The number of aliphatic carboxylic acids is 1. The molecule has 0 fully saturated rings. The van der Waals surface area contributed by atoms with E-state index in [1.54, 1.807) is 0 Å². The van der Waals surface area contributed by atoms with Gasteiger partial charge in [-0.3, -0.25) is 4.79 Å². The van der Waals surface area contributed by atoms with Crippen LogP contribution in [0, 0.1) is 11.3 Å². The molecule has 0 aromatic carbocycles. The number of aliphatic hydroxyl groups excluding tert-OH is 1. The van der Waals surface area contributed by atoms with Crippen LogP contribution in [0.15, 0.2) is 18.3 Å². The molecule has 0 saturated carbocycles. The van der Waals surface area contributed by atoms with Crippen LogP contribution >= 0.6 is 0 Å². The molecular formula is C10H9N3O4. The van der Waals surface area contributed by atoms with E-state index in [1.807, 2.05) is 6.07 Å². The molecule has 0 spiro atoms. The predicted octanol–water partition coefficient (Wildman–Crippen LogP) is -0.871. The summed E-state index contributed by atoms with van der Waals surface area (Å²) in [5.41, 5.74) is 0.266. The predicted molar refractivity (Wildman–Crippen MR) is 54.9 cm³/mol. The molecule has 1 aromatic rings. The molecule has 0 aliphatic heterocycles. The minimum Gasteiger partial charge on any atom is -0.480 e. The number of hydrogen-bond acceptors (Lipinski definition) is 5. The largest absolute Gasteiger partial charge is 0.480 e. The maximum atomic E-state index is 11.5. The van der Waals surface area contributed by atoms with Gasteiger partial charge in [-0.1, -0.05) is 0 Å². The Morgan fingerprint density at radius 1 is 1.53 bits per heavy atom. The Labute approximate surface area is 96.3 Å². The fraction of sp³-hybridized carbons (Fsp3) is 0.200. The number of aromatic nitrogens is 1. The lowest BCUT2D eigenvalue weighted by Crippen LogP contribution is -2.43. The quantitative estimate of drug-likeness (QED) is 0.623. The Hall–Kier alpha value is -2.46. The maximum Gasteiger partial charge on any atom is 0.328 e. The molecule has 0 radical (unpaired) electrons. The van der Waals surface area contributed by atoms with Gasteiger partial charge in [0.05, 0.1) is 12.2 Å². The summed E-state index contributed by atoms with van der Waals surface area (Å²) >= 11 is 0. The van der Waals surface area contributed by atoms with Gasteiger partial charge in [0.1, 0.15) is 11.8 Å². The third-order valence-corrected chi connectivity index (χ3v) is 1.91. The molecule has 17 heavy (non-hydrogen) atoms. The summed E-state index contributed by atoms with van der Waals surface area (Å²) in [7, 11) is 0. The van der Waals surface area contributed by atoms with E-state index >= 15 is 0 Å². The highest BCUT2D eigenvalue weighted by molar-refractivity contribution is 5.94. The summed E-state index contributed by atoms with van der Waals surface area (Å²) in [5, 5.41) is 27.9. The van der Waals surface area contributed by atoms with Gasteiger partial charge in [0.15, 0.2) is 6.04 Å². The number of amides is 1. The van der Waals surface area contributed by atoms with Crippen molar-refractivity contribution in [2.24, 2.45) is 0 Å². The van der Waals surface area contributed by atoms with Crippen molar-refractivity contribution >= 4 is 11.9 Å². The van der Waals surface area contributed by atoms with Gasteiger partial charge in [0.2, 0.25) is 0 Å². The van der Waals surface area contributed by atoms with Crippen LogP contribution in [0.4, 0.5) is 0 Å². The van der Waals surface area contributed by atoms with Crippen LogP contribution in [0.25, 0.3) is 0 Å². The van der Waals surface area contributed by atoms with Crippen molar-refractivity contribution in [3.05, 3.63) is 29.6 Å². The van der Waals surface area contributed by atoms with Gasteiger partial charge in [-0.25, -0.2) is 9.78 Å². The first-order valence-electron chi connectivity index (χ1n) is 4.59. The zero-order valence-corrected chi connectivity index (χ0v) is 8.62. The van der Waals surface area contributed by atoms with E-state index in [-0.39, 0.29) is 5.69 Å². The Bertz CT molecular complexity index is 463. The number of nitriles is 1. The molecule has 0 bridgehead atoms. The van der Waals surface area contributed by atoms with Crippen LogP contribution in [-0.2, 0) is 4.79 Å². The fourth-order valence-electron chi connectivity index (χ4n) is 1.01. The minimum absolute atomic E-state index is 0.0244. The first-order valence-corrected chi connectivity index (χ1v) is 4.59. The van der Waals surface area contributed by atoms with Gasteiger partial charge < -0.3 is 15.5 Å². The Kier molecular flexibility index (Phi) is 4.14. The van der Waals surface area contributed by atoms with Gasteiger partial charge in [-0.15, -0.1) is 0 Å². The summed E-state index contributed by atoms with van der Waals surface area (Å²) in [6.07, 6.45) is 1.20. The van der Waals surface area contributed by atoms with Crippen LogP contribution < -0.4 is 5.32 Å². The average molecular weight is 235 g/mol. The monoisotopic (exact) mass is 235 g/mol. The second-order valence-corrected chi connectivity index (χ2v) is 3.09. The number of carbonyl (C=O) groups is 2. The molecule has 0 aliphatic carbocycles. The normalized spacial score (nSPS) is 11.3. The minimum atomic E-state index is -1.38. The standard InChI is InChI=1S/C10H9N3O4/c11-3-6-1-2-7(12-4-6)9(15)13-8(5-14)10(16)17/h1-2,4,8,14H,5H2,(H,13,15)(H,16,17). The third kappa shape index (κ3) is 3.25. The van der Waals surface area contributed by atoms with Crippen molar-refractivity contribution in [3.63, 3.8) is 0 Å². The van der Waals surface area contributed by atoms with Gasteiger partial charge >= 0.3 is 5.97 Å². The molecule has 88 valence electrons. The van der Waals surface area contributed by atoms with Crippen LogP contribution in [0.3, 0.4) is 0 Å². The molecular weight excluding hydrogens is 226 g/mol. The van der Waals surface area contributed by atoms with E-state index in [0.29, 0.717) is 5.56 Å². The number of nitrogens with zero attached hydrogens (tertiary/aromatic N) is 2. The summed E-state index contributed by atoms with van der Waals surface area (Å²) < 4.78 is 0. The number of aliphatic hydroxyl groups is 1. The highest BCUT2D eigenvalue weighted by Crippen LogP contribution is 1.99. The lowest BCUT2D eigenvalue weighted by molar-refractivity contribution is -0.140. The molecule has 1 rings (SSSR count). The van der Waals surface area contributed by atoms with Gasteiger partial charge in [-0.05, 0) is 12.1 Å². The average Bonchev–Trinajstić information content (AvgIpc) is 2.35. The molecule has 1 atom stereocenters. The van der Waals surface area contributed by atoms with Crippen LogP contribution in [0.1, 0.15) is 16.1 Å². The van der Waals surface area contributed by atoms with Crippen molar-refractivity contribution in [1.82, 2.24) is 10.3 Å². The lowest BCUT2D eigenvalue weighted by atomic mass is 10.2. The number of carboxylic acid groups (broad SMARTS) is 1. The first-order chi connectivity index (χ1) is 8.08. The zero-order valence-electron chi connectivity index (χ0n) is 8.62.